The molecule has 2 N–H and O–H groups in total. The van der Waals surface area contributed by atoms with Gasteiger partial charge >= 0.3 is 0 Å². The van der Waals surface area contributed by atoms with E-state index < -0.39 is 0 Å². The summed E-state index contributed by atoms with van der Waals surface area (Å²) in [5.74, 6) is 0.0472. The number of ketones is 1. The highest BCUT2D eigenvalue weighted by molar-refractivity contribution is 9.10. The molecule has 0 fully saturated rings. The van der Waals surface area contributed by atoms with Gasteiger partial charge in [0.2, 0.25) is 0 Å². The number of Topliss-reactive ketones (excluding diaryl/α,β-unsaturated/α-hetero) is 1. The van der Waals surface area contributed by atoms with E-state index in [1.54, 1.807) is 23.0 Å². The van der Waals surface area contributed by atoms with Crippen molar-refractivity contribution in [1.29, 1.82) is 0 Å². The second-order valence-corrected chi connectivity index (χ2v) is 4.85. The average molecular weight is 308 g/mol. The minimum absolute atomic E-state index is 0.0472. The van der Waals surface area contributed by atoms with Crippen LogP contribution in [-0.2, 0) is 13.0 Å². The second-order valence-electron chi connectivity index (χ2n) is 4.00. The molecular weight excluding hydrogens is 294 g/mol. The maximum Gasteiger partial charge on any atom is 0.186 e. The first kappa shape index (κ1) is 12.8. The van der Waals surface area contributed by atoms with E-state index in [0.29, 0.717) is 24.3 Å². The van der Waals surface area contributed by atoms with E-state index in [1.807, 2.05) is 19.1 Å². The van der Waals surface area contributed by atoms with E-state index >= 15 is 0 Å². The fraction of sp³-hybridized carbons (Fsp3) is 0.231. The van der Waals surface area contributed by atoms with Gasteiger partial charge in [0.05, 0.1) is 10.7 Å². The number of halogens is 1. The summed E-state index contributed by atoms with van der Waals surface area (Å²) in [5.41, 5.74) is 7.88. The van der Waals surface area contributed by atoms with E-state index in [0.717, 1.165) is 10.0 Å². The lowest BCUT2D eigenvalue weighted by Gasteiger charge is -2.05. The van der Waals surface area contributed by atoms with Gasteiger partial charge in [-0.3, -0.25) is 9.48 Å². The van der Waals surface area contributed by atoms with Gasteiger partial charge in [-0.1, -0.05) is 12.1 Å². The zero-order valence-electron chi connectivity index (χ0n) is 10.1. The Bertz CT molecular complexity index is 560. The van der Waals surface area contributed by atoms with Crippen molar-refractivity contribution in [3.05, 3.63) is 46.2 Å². The molecule has 0 amide bonds. The lowest BCUT2D eigenvalue weighted by atomic mass is 10.1. The Hall–Kier alpha value is -1.62. The Kier molecular flexibility index (Phi) is 3.81. The maximum atomic E-state index is 12.2. The van der Waals surface area contributed by atoms with Crippen molar-refractivity contribution >= 4 is 27.4 Å². The molecule has 2 aromatic rings. The summed E-state index contributed by atoms with van der Waals surface area (Å²) in [6.45, 7) is 2.63. The first-order valence-corrected chi connectivity index (χ1v) is 6.50. The quantitative estimate of drug-likeness (QED) is 0.698. The number of carbonyl (C=O) groups excluding carboxylic acids is 1. The molecule has 0 aliphatic rings. The summed E-state index contributed by atoms with van der Waals surface area (Å²) in [6, 6.07) is 7.34. The molecule has 94 valence electrons. The molecule has 5 heteroatoms. The van der Waals surface area contributed by atoms with Crippen LogP contribution in [0, 0.1) is 0 Å². The number of aryl methyl sites for hydroxylation is 1. The third kappa shape index (κ3) is 2.61. The van der Waals surface area contributed by atoms with E-state index in [4.69, 9.17) is 5.73 Å². The molecule has 1 aromatic carbocycles. The van der Waals surface area contributed by atoms with Gasteiger partial charge in [0.15, 0.2) is 5.78 Å². The van der Waals surface area contributed by atoms with Crippen LogP contribution in [0.25, 0.3) is 0 Å². The fourth-order valence-electron chi connectivity index (χ4n) is 1.78. The molecule has 1 heterocycles. The molecule has 18 heavy (non-hydrogen) atoms. The van der Waals surface area contributed by atoms with Crippen molar-refractivity contribution in [2.75, 3.05) is 5.73 Å². The summed E-state index contributed by atoms with van der Waals surface area (Å²) in [7, 11) is 0. The highest BCUT2D eigenvalue weighted by atomic mass is 79.9. The van der Waals surface area contributed by atoms with Crippen LogP contribution in [0.4, 0.5) is 5.69 Å². The predicted octanol–water partition coefficient (Wildman–Crippen LogP) is 2.67. The maximum absolute atomic E-state index is 12.2. The lowest BCUT2D eigenvalue weighted by Crippen LogP contribution is -2.12. The SMILES string of the molecule is CCn1ncc(Br)c1C(=O)Cc1ccc(N)cc1. The molecule has 4 nitrogen and oxygen atoms in total. The lowest BCUT2D eigenvalue weighted by molar-refractivity contribution is 0.0982. The third-order valence-corrected chi connectivity index (χ3v) is 3.28. The van der Waals surface area contributed by atoms with Crippen LogP contribution in [0.3, 0.4) is 0 Å². The number of rotatable bonds is 4. The number of nitrogens with zero attached hydrogens (tertiary/aromatic N) is 2. The highest BCUT2D eigenvalue weighted by Gasteiger charge is 2.16. The first-order valence-electron chi connectivity index (χ1n) is 5.70. The molecular formula is C13H14BrN3O. The van der Waals surface area contributed by atoms with Crippen molar-refractivity contribution in [3.8, 4) is 0 Å². The fourth-order valence-corrected chi connectivity index (χ4v) is 2.30. The van der Waals surface area contributed by atoms with Gasteiger partial charge in [-0.05, 0) is 40.5 Å². The van der Waals surface area contributed by atoms with Crippen LogP contribution in [0.2, 0.25) is 0 Å². The third-order valence-electron chi connectivity index (χ3n) is 2.70. The van der Waals surface area contributed by atoms with Gasteiger partial charge in [0.25, 0.3) is 0 Å². The summed E-state index contributed by atoms with van der Waals surface area (Å²) in [4.78, 5) is 12.2. The molecule has 0 saturated heterocycles. The summed E-state index contributed by atoms with van der Waals surface area (Å²) in [5, 5.41) is 4.14. The molecule has 0 saturated carbocycles. The number of nitrogen functional groups attached to an aromatic ring is 1. The normalized spacial score (nSPS) is 10.6. The minimum atomic E-state index is 0.0472. The number of nitrogens with two attached hydrogens (primary N) is 1. The molecule has 0 unspecified atom stereocenters. The molecule has 0 aliphatic heterocycles. The summed E-state index contributed by atoms with van der Waals surface area (Å²) in [6.07, 6.45) is 2.00. The predicted molar refractivity (Wildman–Crippen MR) is 74.5 cm³/mol. The van der Waals surface area contributed by atoms with E-state index in [-0.39, 0.29) is 5.78 Å². The van der Waals surface area contributed by atoms with E-state index in [1.165, 1.54) is 0 Å². The highest BCUT2D eigenvalue weighted by Crippen LogP contribution is 2.18. The average Bonchev–Trinajstić information content (AvgIpc) is 2.73. The Morgan fingerprint density at radius 1 is 1.39 bits per heavy atom. The molecule has 0 radical (unpaired) electrons. The van der Waals surface area contributed by atoms with Crippen LogP contribution >= 0.6 is 15.9 Å². The number of aromatic nitrogens is 2. The van der Waals surface area contributed by atoms with Crippen LogP contribution in [-0.4, -0.2) is 15.6 Å². The summed E-state index contributed by atoms with van der Waals surface area (Å²) < 4.78 is 2.44. The van der Waals surface area contributed by atoms with Crippen molar-refractivity contribution in [1.82, 2.24) is 9.78 Å². The van der Waals surface area contributed by atoms with Crippen LogP contribution < -0.4 is 5.73 Å². The van der Waals surface area contributed by atoms with Crippen molar-refractivity contribution in [3.63, 3.8) is 0 Å². The Balaban J connectivity index is 2.21. The molecule has 0 bridgehead atoms. The number of hydrogen-bond donors (Lipinski definition) is 1. The molecule has 1 aromatic heterocycles. The largest absolute Gasteiger partial charge is 0.399 e. The first-order chi connectivity index (χ1) is 8.61. The Morgan fingerprint density at radius 3 is 2.67 bits per heavy atom. The van der Waals surface area contributed by atoms with Gasteiger partial charge in [0, 0.05) is 18.7 Å². The van der Waals surface area contributed by atoms with E-state index in [2.05, 4.69) is 21.0 Å². The topological polar surface area (TPSA) is 60.9 Å². The Labute approximate surface area is 114 Å². The number of hydrogen-bond acceptors (Lipinski definition) is 3. The van der Waals surface area contributed by atoms with Crippen LogP contribution in [0.15, 0.2) is 34.9 Å². The smallest absolute Gasteiger partial charge is 0.186 e. The number of benzene rings is 1. The van der Waals surface area contributed by atoms with Gasteiger partial charge in [-0.2, -0.15) is 5.10 Å². The number of anilines is 1. The van der Waals surface area contributed by atoms with E-state index in [9.17, 15) is 4.79 Å². The molecule has 0 aliphatic carbocycles. The zero-order chi connectivity index (χ0) is 13.1. The Morgan fingerprint density at radius 2 is 2.06 bits per heavy atom. The van der Waals surface area contributed by atoms with Gasteiger partial charge in [-0.15, -0.1) is 0 Å². The number of carbonyl (C=O) groups is 1. The van der Waals surface area contributed by atoms with Crippen molar-refractivity contribution in [2.24, 2.45) is 0 Å². The van der Waals surface area contributed by atoms with Gasteiger partial charge in [0.1, 0.15) is 5.69 Å². The van der Waals surface area contributed by atoms with Crippen molar-refractivity contribution < 1.29 is 4.79 Å². The van der Waals surface area contributed by atoms with Crippen LogP contribution in [0.5, 0.6) is 0 Å². The van der Waals surface area contributed by atoms with Gasteiger partial charge in [-0.25, -0.2) is 0 Å². The monoisotopic (exact) mass is 307 g/mol. The minimum Gasteiger partial charge on any atom is -0.399 e. The molecule has 0 spiro atoms. The van der Waals surface area contributed by atoms with Crippen LogP contribution in [0.1, 0.15) is 23.0 Å². The van der Waals surface area contributed by atoms with Crippen molar-refractivity contribution in [2.45, 2.75) is 19.9 Å². The van der Waals surface area contributed by atoms with Gasteiger partial charge < -0.3 is 5.73 Å². The molecule has 0 atom stereocenters. The summed E-state index contributed by atoms with van der Waals surface area (Å²) >= 11 is 3.36. The zero-order valence-corrected chi connectivity index (χ0v) is 11.6. The second kappa shape index (κ2) is 5.35. The molecule has 2 rings (SSSR count). The standard InChI is InChI=1S/C13H14BrN3O/c1-2-17-13(11(14)8-16-17)12(18)7-9-3-5-10(15)6-4-9/h3-6,8H,2,7,15H2,1H3.